The second-order valence-corrected chi connectivity index (χ2v) is 6.08. The Labute approximate surface area is 101 Å². The van der Waals surface area contributed by atoms with Gasteiger partial charge in [-0.3, -0.25) is 4.79 Å². The van der Waals surface area contributed by atoms with E-state index >= 15 is 0 Å². The first-order valence-electron chi connectivity index (χ1n) is 4.75. The van der Waals surface area contributed by atoms with Crippen molar-refractivity contribution in [3.8, 4) is 0 Å². The summed E-state index contributed by atoms with van der Waals surface area (Å²) < 4.78 is 24.6. The lowest BCUT2D eigenvalue weighted by Crippen LogP contribution is -2.40. The third kappa shape index (κ3) is 8.57. The van der Waals surface area contributed by atoms with Gasteiger partial charge in [0.05, 0.1) is 11.5 Å². The number of hydrogen-bond donors (Lipinski definition) is 3. The van der Waals surface area contributed by atoms with Crippen molar-refractivity contribution in [1.82, 2.24) is 10.0 Å². The van der Waals surface area contributed by atoms with Gasteiger partial charge in [0.15, 0.2) is 0 Å². The molecular weight excluding hydrogens is 250 g/mol. The van der Waals surface area contributed by atoms with E-state index in [1.807, 2.05) is 13.8 Å². The molecule has 8 heteroatoms. The Morgan fingerprint density at radius 3 is 2.44 bits per heavy atom. The maximum Gasteiger partial charge on any atom is 0.235 e. The normalized spacial score (nSPS) is 11.4. The lowest BCUT2D eigenvalue weighted by atomic mass is 10.2. The zero-order valence-electron chi connectivity index (χ0n) is 9.32. The molecule has 0 aromatic rings. The molecule has 0 fully saturated rings. The summed E-state index contributed by atoms with van der Waals surface area (Å²) in [7, 11) is -3.59. The minimum atomic E-state index is -3.59. The van der Waals surface area contributed by atoms with Crippen molar-refractivity contribution in [2.75, 3.05) is 18.8 Å². The summed E-state index contributed by atoms with van der Waals surface area (Å²) in [5.41, 5.74) is 5.10. The van der Waals surface area contributed by atoms with E-state index in [2.05, 4.69) is 22.3 Å². The van der Waals surface area contributed by atoms with Gasteiger partial charge in [-0.05, 0) is 5.92 Å². The Hall–Kier alpha value is -0.730. The predicted octanol–water partition coefficient (Wildman–Crippen LogP) is -1.04. The smallest absolute Gasteiger partial charge is 0.235 e. The first-order valence-corrected chi connectivity index (χ1v) is 6.81. The largest absolute Gasteiger partial charge is 0.392 e. The summed E-state index contributed by atoms with van der Waals surface area (Å²) in [5, 5.41) is 2.58. The summed E-state index contributed by atoms with van der Waals surface area (Å²) in [6.45, 7) is 4.10. The van der Waals surface area contributed by atoms with Crippen LogP contribution in [0.5, 0.6) is 0 Å². The number of rotatable bonds is 7. The van der Waals surface area contributed by atoms with Crippen LogP contribution >= 0.6 is 12.2 Å². The molecular formula is C8H17N3O3S2. The fraction of sp³-hybridized carbons (Fsp3) is 0.750. The van der Waals surface area contributed by atoms with Crippen molar-refractivity contribution in [2.24, 2.45) is 11.7 Å². The number of nitrogens with two attached hydrogens (primary N) is 1. The molecule has 0 aliphatic heterocycles. The predicted molar refractivity (Wildman–Crippen MR) is 66.4 cm³/mol. The molecule has 1 amide bonds. The first kappa shape index (κ1) is 15.3. The number of thiocarbonyl (C=S) groups is 1. The van der Waals surface area contributed by atoms with Crippen LogP contribution in [0.15, 0.2) is 0 Å². The van der Waals surface area contributed by atoms with Gasteiger partial charge in [-0.1, -0.05) is 26.1 Å². The van der Waals surface area contributed by atoms with E-state index < -0.39 is 15.8 Å². The van der Waals surface area contributed by atoms with E-state index in [1.165, 1.54) is 0 Å². The molecule has 0 aromatic heterocycles. The highest BCUT2D eigenvalue weighted by Gasteiger charge is 2.13. The van der Waals surface area contributed by atoms with Gasteiger partial charge < -0.3 is 11.1 Å². The van der Waals surface area contributed by atoms with Gasteiger partial charge in [0, 0.05) is 6.54 Å². The number of amides is 1. The Balaban J connectivity index is 3.96. The van der Waals surface area contributed by atoms with Gasteiger partial charge in [-0.2, -0.15) is 0 Å². The summed E-state index contributed by atoms with van der Waals surface area (Å²) in [4.78, 5) is 11.0. The fourth-order valence-electron chi connectivity index (χ4n) is 0.794. The van der Waals surface area contributed by atoms with Gasteiger partial charge in [0.1, 0.15) is 5.75 Å². The van der Waals surface area contributed by atoms with E-state index in [9.17, 15) is 13.2 Å². The highest BCUT2D eigenvalue weighted by atomic mass is 32.2. The quantitative estimate of drug-likeness (QED) is 0.512. The molecule has 0 aliphatic rings. The molecule has 0 bridgehead atoms. The molecule has 4 N–H and O–H groups in total. The first-order chi connectivity index (χ1) is 7.23. The van der Waals surface area contributed by atoms with Crippen molar-refractivity contribution in [2.45, 2.75) is 13.8 Å². The Kier molecular flexibility index (Phi) is 6.46. The number of carbonyl (C=O) groups is 1. The minimum absolute atomic E-state index is 0.130. The molecule has 0 spiro atoms. The summed E-state index contributed by atoms with van der Waals surface area (Å²) >= 11 is 4.47. The lowest BCUT2D eigenvalue weighted by molar-refractivity contribution is -0.120. The average Bonchev–Trinajstić information content (AvgIpc) is 2.09. The number of sulfonamides is 1. The van der Waals surface area contributed by atoms with Gasteiger partial charge in [0.2, 0.25) is 15.9 Å². The highest BCUT2D eigenvalue weighted by molar-refractivity contribution is 7.92. The average molecular weight is 267 g/mol. The molecule has 6 nitrogen and oxygen atoms in total. The van der Waals surface area contributed by atoms with Gasteiger partial charge in [0.25, 0.3) is 0 Å². The summed E-state index contributed by atoms with van der Waals surface area (Å²) in [6.07, 6.45) is 0. The van der Waals surface area contributed by atoms with E-state index in [1.54, 1.807) is 0 Å². The summed E-state index contributed by atoms with van der Waals surface area (Å²) in [6, 6.07) is 0. The third-order valence-electron chi connectivity index (χ3n) is 1.49. The van der Waals surface area contributed by atoms with E-state index in [0.717, 1.165) is 0 Å². The monoisotopic (exact) mass is 267 g/mol. The van der Waals surface area contributed by atoms with E-state index in [0.29, 0.717) is 12.5 Å². The second kappa shape index (κ2) is 6.77. The van der Waals surface area contributed by atoms with Crippen LogP contribution in [0.1, 0.15) is 13.8 Å². The van der Waals surface area contributed by atoms with Crippen LogP contribution < -0.4 is 15.8 Å². The van der Waals surface area contributed by atoms with Gasteiger partial charge in [-0.15, -0.1) is 0 Å². The Morgan fingerprint density at radius 2 is 2.00 bits per heavy atom. The molecule has 0 unspecified atom stereocenters. The Morgan fingerprint density at radius 1 is 1.44 bits per heavy atom. The van der Waals surface area contributed by atoms with E-state index in [4.69, 9.17) is 5.73 Å². The van der Waals surface area contributed by atoms with Crippen molar-refractivity contribution in [3.63, 3.8) is 0 Å². The maximum atomic E-state index is 11.2. The number of carbonyl (C=O) groups excluding carboxylic acids is 1. The zero-order chi connectivity index (χ0) is 12.8. The zero-order valence-corrected chi connectivity index (χ0v) is 11.0. The molecule has 94 valence electrons. The van der Waals surface area contributed by atoms with Crippen molar-refractivity contribution in [1.29, 1.82) is 0 Å². The lowest BCUT2D eigenvalue weighted by Gasteiger charge is -2.08. The number of nitrogens with one attached hydrogen (secondary N) is 2. The molecule has 0 atom stereocenters. The maximum absolute atomic E-state index is 11.2. The molecule has 16 heavy (non-hydrogen) atoms. The fourth-order valence-corrected chi connectivity index (χ4v) is 2.09. The van der Waals surface area contributed by atoms with Crippen LogP contribution in [-0.2, 0) is 14.8 Å². The van der Waals surface area contributed by atoms with E-state index in [-0.39, 0.29) is 17.4 Å². The molecule has 0 aliphatic carbocycles. The third-order valence-corrected chi connectivity index (χ3v) is 3.09. The Bertz CT molecular complexity index is 352. The molecule has 0 saturated carbocycles. The van der Waals surface area contributed by atoms with Crippen molar-refractivity contribution < 1.29 is 13.2 Å². The number of hydrogen-bond acceptors (Lipinski definition) is 4. The molecule has 0 rings (SSSR count). The molecule has 0 aromatic carbocycles. The van der Waals surface area contributed by atoms with Gasteiger partial charge in [-0.25, -0.2) is 13.1 Å². The second-order valence-electron chi connectivity index (χ2n) is 3.74. The molecule has 0 saturated heterocycles. The standard InChI is InChI=1S/C8H17N3O3S2/c1-6(2)3-10-8(12)4-11-16(13,14)5-7(9)15/h6,11H,3-5H2,1-2H3,(H2,9,15)(H,10,12). The summed E-state index contributed by atoms with van der Waals surface area (Å²) in [5.74, 6) is -0.503. The van der Waals surface area contributed by atoms with Crippen molar-refractivity contribution >= 4 is 33.1 Å². The molecule has 0 heterocycles. The van der Waals surface area contributed by atoms with Crippen LogP contribution in [0.2, 0.25) is 0 Å². The highest BCUT2D eigenvalue weighted by Crippen LogP contribution is 1.87. The van der Waals surface area contributed by atoms with Crippen LogP contribution in [0.3, 0.4) is 0 Å². The minimum Gasteiger partial charge on any atom is -0.392 e. The van der Waals surface area contributed by atoms with Crippen LogP contribution in [0, 0.1) is 5.92 Å². The molecule has 0 radical (unpaired) electrons. The van der Waals surface area contributed by atoms with Crippen LogP contribution in [0.4, 0.5) is 0 Å². The van der Waals surface area contributed by atoms with Crippen molar-refractivity contribution in [3.05, 3.63) is 0 Å². The topological polar surface area (TPSA) is 101 Å². The van der Waals surface area contributed by atoms with Gasteiger partial charge >= 0.3 is 0 Å². The van der Waals surface area contributed by atoms with Crippen LogP contribution in [0.25, 0.3) is 0 Å². The SMILES string of the molecule is CC(C)CNC(=O)CNS(=O)(=O)CC(N)=S. The van der Waals surface area contributed by atoms with Crippen LogP contribution in [-0.4, -0.2) is 38.2 Å².